The summed E-state index contributed by atoms with van der Waals surface area (Å²) in [6.45, 7) is 10.3. The Morgan fingerprint density at radius 1 is 1.57 bits per heavy atom. The van der Waals surface area contributed by atoms with Gasteiger partial charge < -0.3 is 14.7 Å². The van der Waals surface area contributed by atoms with Crippen LogP contribution in [0.1, 0.15) is 27.2 Å². The monoisotopic (exact) mass is 315 g/mol. The van der Waals surface area contributed by atoms with Crippen molar-refractivity contribution in [3.05, 3.63) is 47.2 Å². The van der Waals surface area contributed by atoms with Crippen molar-refractivity contribution in [2.75, 3.05) is 13.7 Å². The van der Waals surface area contributed by atoms with E-state index in [9.17, 15) is 9.90 Å². The van der Waals surface area contributed by atoms with Crippen LogP contribution >= 0.6 is 0 Å². The van der Waals surface area contributed by atoms with Crippen LogP contribution in [-0.2, 0) is 9.53 Å². The molecular formula is C19H25NO3. The Hall–Kier alpha value is -1.65. The Kier molecular flexibility index (Phi) is 3.85. The van der Waals surface area contributed by atoms with Gasteiger partial charge in [-0.1, -0.05) is 19.9 Å². The summed E-state index contributed by atoms with van der Waals surface area (Å²) in [4.78, 5) is 14.0. The third-order valence-corrected chi connectivity index (χ3v) is 5.84. The molecule has 4 heteroatoms. The van der Waals surface area contributed by atoms with Gasteiger partial charge in [0.2, 0.25) is 0 Å². The quantitative estimate of drug-likeness (QED) is 0.814. The minimum atomic E-state index is -0.640. The number of hydrogen-bond donors (Lipinski definition) is 1. The van der Waals surface area contributed by atoms with Gasteiger partial charge in [-0.15, -0.1) is 6.58 Å². The minimum Gasteiger partial charge on any atom is -0.386 e. The van der Waals surface area contributed by atoms with E-state index in [1.165, 1.54) is 0 Å². The summed E-state index contributed by atoms with van der Waals surface area (Å²) in [5.74, 6) is 0.207. The van der Waals surface area contributed by atoms with Gasteiger partial charge in [-0.05, 0) is 42.6 Å². The Morgan fingerprint density at radius 3 is 2.91 bits per heavy atom. The van der Waals surface area contributed by atoms with E-state index in [2.05, 4.69) is 26.5 Å². The van der Waals surface area contributed by atoms with Crippen LogP contribution in [-0.4, -0.2) is 41.8 Å². The molecule has 124 valence electrons. The minimum absolute atomic E-state index is 0.0711. The van der Waals surface area contributed by atoms with Crippen molar-refractivity contribution >= 4 is 5.91 Å². The van der Waals surface area contributed by atoms with Crippen LogP contribution in [0.15, 0.2) is 47.2 Å². The van der Waals surface area contributed by atoms with Gasteiger partial charge in [0.05, 0.1) is 18.8 Å². The first kappa shape index (κ1) is 16.2. The smallest absolute Gasteiger partial charge is 0.254 e. The number of hydrogen-bond acceptors (Lipinski definition) is 3. The number of rotatable bonds is 3. The van der Waals surface area contributed by atoms with Crippen LogP contribution in [0.3, 0.4) is 0 Å². The summed E-state index contributed by atoms with van der Waals surface area (Å²) < 4.78 is 5.82. The molecule has 0 saturated heterocycles. The number of amides is 1. The van der Waals surface area contributed by atoms with Crippen molar-refractivity contribution in [3.63, 3.8) is 0 Å². The Labute approximate surface area is 137 Å². The highest BCUT2D eigenvalue weighted by atomic mass is 16.5. The average Bonchev–Trinajstić information content (AvgIpc) is 2.71. The van der Waals surface area contributed by atoms with E-state index in [-0.39, 0.29) is 23.3 Å². The van der Waals surface area contributed by atoms with Gasteiger partial charge in [0.1, 0.15) is 0 Å². The Bertz CT molecular complexity index is 658. The molecule has 0 aromatic rings. The first-order chi connectivity index (χ1) is 10.8. The van der Waals surface area contributed by atoms with Gasteiger partial charge in [-0.25, -0.2) is 0 Å². The molecular weight excluding hydrogens is 290 g/mol. The maximum atomic E-state index is 12.3. The molecule has 2 aliphatic carbocycles. The lowest BCUT2D eigenvalue weighted by Gasteiger charge is -2.48. The van der Waals surface area contributed by atoms with Crippen molar-refractivity contribution in [2.45, 2.75) is 39.4 Å². The lowest BCUT2D eigenvalue weighted by molar-refractivity contribution is -0.123. The number of allylic oxidation sites excluding steroid dienone is 3. The average molecular weight is 315 g/mol. The number of ether oxygens (including phenoxy) is 1. The summed E-state index contributed by atoms with van der Waals surface area (Å²) in [6, 6.07) is 0. The highest BCUT2D eigenvalue weighted by Gasteiger charge is 2.49. The number of carbonyl (C=O) groups excluding carboxylic acids is 1. The molecule has 1 N–H and O–H groups in total. The van der Waals surface area contributed by atoms with Crippen LogP contribution in [0, 0.1) is 11.3 Å². The first-order valence-corrected chi connectivity index (χ1v) is 8.14. The zero-order valence-electron chi connectivity index (χ0n) is 14.3. The van der Waals surface area contributed by atoms with Crippen LogP contribution in [0.5, 0.6) is 0 Å². The van der Waals surface area contributed by atoms with E-state index >= 15 is 0 Å². The number of likely N-dealkylation sites (N-methyl/N-ethyl adjacent to an activating group) is 1. The molecule has 0 spiro atoms. The van der Waals surface area contributed by atoms with Crippen LogP contribution in [0.25, 0.3) is 0 Å². The molecule has 0 radical (unpaired) electrons. The predicted octanol–water partition coefficient (Wildman–Crippen LogP) is 2.58. The normalized spacial score (nSPS) is 36.5. The van der Waals surface area contributed by atoms with Crippen molar-refractivity contribution in [2.24, 2.45) is 11.3 Å². The molecule has 0 saturated carbocycles. The molecule has 0 unspecified atom stereocenters. The summed E-state index contributed by atoms with van der Waals surface area (Å²) in [6.07, 6.45) is 5.57. The fourth-order valence-electron chi connectivity index (χ4n) is 4.09. The molecule has 3 rings (SSSR count). The van der Waals surface area contributed by atoms with E-state index in [0.717, 1.165) is 28.8 Å². The van der Waals surface area contributed by atoms with Gasteiger partial charge in [0.15, 0.2) is 0 Å². The molecule has 4 nitrogen and oxygen atoms in total. The maximum absolute atomic E-state index is 12.3. The van der Waals surface area contributed by atoms with Crippen LogP contribution < -0.4 is 0 Å². The molecule has 1 amide bonds. The second-order valence-electron chi connectivity index (χ2n) is 7.08. The molecule has 0 aromatic carbocycles. The summed E-state index contributed by atoms with van der Waals surface area (Å²) in [5, 5.41) is 10.5. The number of nitrogens with zero attached hydrogens (tertiary/aromatic N) is 1. The zero-order chi connectivity index (χ0) is 16.9. The van der Waals surface area contributed by atoms with Crippen LogP contribution in [0.2, 0.25) is 0 Å². The van der Waals surface area contributed by atoms with Crippen LogP contribution in [0.4, 0.5) is 0 Å². The number of aliphatic hydroxyl groups excluding tert-OH is 1. The van der Waals surface area contributed by atoms with Gasteiger partial charge in [0, 0.05) is 23.7 Å². The number of carbonyl (C=O) groups is 1. The molecule has 23 heavy (non-hydrogen) atoms. The molecule has 4 atom stereocenters. The molecule has 0 bridgehead atoms. The number of fused-ring (bicyclic) bond motifs is 2. The SMILES string of the molecule is C=CCO[C@H]1[C@H](O)C=C2C=C3C(=C(C)C(=O)N3C)C[C@]2(C)[C@H]1C. The molecule has 0 aromatic heterocycles. The molecule has 3 aliphatic rings. The third kappa shape index (κ3) is 2.24. The van der Waals surface area contributed by atoms with E-state index in [1.54, 1.807) is 11.0 Å². The van der Waals surface area contributed by atoms with E-state index in [0.29, 0.717) is 6.61 Å². The Balaban J connectivity index is 2.05. The molecule has 1 heterocycles. The summed E-state index contributed by atoms with van der Waals surface area (Å²) >= 11 is 0. The van der Waals surface area contributed by atoms with Crippen molar-refractivity contribution in [3.8, 4) is 0 Å². The van der Waals surface area contributed by atoms with Gasteiger partial charge in [0.25, 0.3) is 5.91 Å². The lowest BCUT2D eigenvalue weighted by Crippen LogP contribution is -2.48. The predicted molar refractivity (Wildman–Crippen MR) is 89.5 cm³/mol. The second kappa shape index (κ2) is 5.46. The second-order valence-corrected chi connectivity index (χ2v) is 7.08. The standard InChI is InChI=1S/C19H25NO3/c1-6-7-23-17-12(3)19(4)10-14-11(2)18(22)20(5)15(14)8-13(19)9-16(17)21/h6,8-9,12,16-17,21H,1,7,10H2,2-5H3/t12-,16+,17+,19+/m0/s1. The fraction of sp³-hybridized carbons (Fsp3) is 0.526. The summed E-state index contributed by atoms with van der Waals surface area (Å²) in [7, 11) is 1.81. The number of aliphatic hydroxyl groups is 1. The van der Waals surface area contributed by atoms with Crippen molar-refractivity contribution in [1.82, 2.24) is 4.90 Å². The van der Waals surface area contributed by atoms with Gasteiger partial charge in [-0.3, -0.25) is 4.79 Å². The third-order valence-electron chi connectivity index (χ3n) is 5.84. The van der Waals surface area contributed by atoms with Crippen molar-refractivity contribution < 1.29 is 14.6 Å². The first-order valence-electron chi connectivity index (χ1n) is 8.14. The van der Waals surface area contributed by atoms with E-state index in [4.69, 9.17) is 4.74 Å². The Morgan fingerprint density at radius 2 is 2.26 bits per heavy atom. The van der Waals surface area contributed by atoms with Crippen molar-refractivity contribution in [1.29, 1.82) is 0 Å². The highest BCUT2D eigenvalue weighted by Crippen LogP contribution is 2.54. The zero-order valence-corrected chi connectivity index (χ0v) is 14.3. The summed E-state index contributed by atoms with van der Waals surface area (Å²) in [5.41, 5.74) is 3.89. The van der Waals surface area contributed by atoms with E-state index in [1.807, 2.05) is 20.0 Å². The maximum Gasteiger partial charge on any atom is 0.254 e. The molecule has 0 fully saturated rings. The fourth-order valence-corrected chi connectivity index (χ4v) is 4.09. The van der Waals surface area contributed by atoms with Gasteiger partial charge in [-0.2, -0.15) is 0 Å². The molecule has 1 aliphatic heterocycles. The van der Waals surface area contributed by atoms with Gasteiger partial charge >= 0.3 is 0 Å². The highest BCUT2D eigenvalue weighted by molar-refractivity contribution is 6.00. The van der Waals surface area contributed by atoms with E-state index < -0.39 is 6.10 Å². The largest absolute Gasteiger partial charge is 0.386 e. The topological polar surface area (TPSA) is 49.8 Å². The lowest BCUT2D eigenvalue weighted by atomic mass is 9.59.